The molecule has 0 bridgehead atoms. The molecule has 1 N–H and O–H groups in total. The fourth-order valence-corrected chi connectivity index (χ4v) is 3.87. The maximum atomic E-state index is 12.3. The fraction of sp³-hybridized carbons (Fsp3) is 0.467. The third kappa shape index (κ3) is 2.37. The summed E-state index contributed by atoms with van der Waals surface area (Å²) in [6.07, 6.45) is 5.71. The molecule has 0 radical (unpaired) electrons. The molecule has 4 heterocycles. The van der Waals surface area contributed by atoms with E-state index in [9.17, 15) is 9.59 Å². The molecule has 2 saturated heterocycles. The molecule has 2 amide bonds. The number of carboxylic acid groups (broad SMARTS) is 1. The van der Waals surface area contributed by atoms with Crippen molar-refractivity contribution in [3.05, 3.63) is 29.6 Å². The van der Waals surface area contributed by atoms with Gasteiger partial charge >= 0.3 is 6.09 Å². The zero-order valence-corrected chi connectivity index (χ0v) is 13.6. The number of carbonyl (C=O) groups is 2. The molecule has 0 aromatic carbocycles. The van der Waals surface area contributed by atoms with Gasteiger partial charge < -0.3 is 10.0 Å². The maximum absolute atomic E-state index is 12.3. The maximum Gasteiger partial charge on any atom is 0.407 e. The van der Waals surface area contributed by atoms with Crippen LogP contribution in [0.5, 0.6) is 0 Å². The van der Waals surface area contributed by atoms with Crippen molar-refractivity contribution in [3.63, 3.8) is 0 Å². The highest BCUT2D eigenvalue weighted by Gasteiger charge is 2.39. The number of amides is 2. The Kier molecular flexibility index (Phi) is 3.56. The third-order valence-electron chi connectivity index (χ3n) is 4.86. The van der Waals surface area contributed by atoms with E-state index in [0.717, 1.165) is 24.2 Å². The van der Waals surface area contributed by atoms with Crippen molar-refractivity contribution in [2.45, 2.75) is 24.8 Å². The molecule has 4 rings (SSSR count). The Labute approximate surface area is 142 Å². The van der Waals surface area contributed by atoms with Crippen LogP contribution in [-0.4, -0.2) is 67.0 Å². The van der Waals surface area contributed by atoms with E-state index in [0.29, 0.717) is 18.2 Å². The number of hydrogen-bond donors (Lipinski definition) is 1. The first-order valence-electron chi connectivity index (χ1n) is 7.79. The van der Waals surface area contributed by atoms with Crippen molar-refractivity contribution in [1.29, 1.82) is 0 Å². The molecule has 2 aromatic heterocycles. The molecule has 126 valence electrons. The van der Waals surface area contributed by atoms with Crippen LogP contribution < -0.4 is 0 Å². The van der Waals surface area contributed by atoms with Gasteiger partial charge in [-0.1, -0.05) is 11.6 Å². The minimum atomic E-state index is -1.04. The second-order valence-corrected chi connectivity index (χ2v) is 6.58. The Balaban J connectivity index is 1.59. The molecule has 2 aliphatic rings. The van der Waals surface area contributed by atoms with E-state index < -0.39 is 6.09 Å². The number of imidazole rings is 1. The number of aromatic nitrogens is 3. The van der Waals surface area contributed by atoms with Crippen LogP contribution in [0.15, 0.2) is 18.6 Å². The van der Waals surface area contributed by atoms with Crippen LogP contribution in [0.4, 0.5) is 4.79 Å². The summed E-state index contributed by atoms with van der Waals surface area (Å²) in [5.41, 5.74) is 0.748. The van der Waals surface area contributed by atoms with Crippen LogP contribution >= 0.6 is 11.6 Å². The Morgan fingerprint density at radius 1 is 1.29 bits per heavy atom. The molecule has 0 aliphatic carbocycles. The van der Waals surface area contributed by atoms with E-state index >= 15 is 0 Å². The largest absolute Gasteiger partial charge is 0.465 e. The van der Waals surface area contributed by atoms with Crippen molar-refractivity contribution < 1.29 is 14.7 Å². The molecule has 2 aliphatic heterocycles. The molecule has 2 unspecified atom stereocenters. The normalized spacial score (nSPS) is 24.3. The monoisotopic (exact) mass is 349 g/mol. The fourth-order valence-electron chi connectivity index (χ4n) is 3.67. The molecule has 8 nitrogen and oxygen atoms in total. The van der Waals surface area contributed by atoms with E-state index in [2.05, 4.69) is 9.97 Å². The predicted molar refractivity (Wildman–Crippen MR) is 85.1 cm³/mol. The summed E-state index contributed by atoms with van der Waals surface area (Å²) < 4.78 is 1.91. The van der Waals surface area contributed by atoms with Crippen LogP contribution in [0, 0.1) is 0 Å². The van der Waals surface area contributed by atoms with Crippen LogP contribution in [0.1, 0.15) is 24.6 Å². The Bertz CT molecular complexity index is 823. The first-order chi connectivity index (χ1) is 11.5. The van der Waals surface area contributed by atoms with Gasteiger partial charge in [0.25, 0.3) is 0 Å². The SMILES string of the molecule is O=C(O)N1CC(=O)N2CC(c3ncc4c(Cl)nccn34)CCC2C1. The number of piperidine rings is 1. The number of hydrogen-bond acceptors (Lipinski definition) is 4. The topological polar surface area (TPSA) is 91.0 Å². The molecule has 9 heteroatoms. The summed E-state index contributed by atoms with van der Waals surface area (Å²) in [5.74, 6) is 0.822. The first-order valence-corrected chi connectivity index (χ1v) is 8.17. The zero-order valence-electron chi connectivity index (χ0n) is 12.8. The number of fused-ring (bicyclic) bond motifs is 2. The van der Waals surface area contributed by atoms with E-state index in [1.165, 1.54) is 4.90 Å². The minimum absolute atomic E-state index is 0.0462. The lowest BCUT2D eigenvalue weighted by atomic mass is 9.90. The van der Waals surface area contributed by atoms with Gasteiger partial charge in [0.2, 0.25) is 5.91 Å². The van der Waals surface area contributed by atoms with Crippen LogP contribution in [-0.2, 0) is 4.79 Å². The van der Waals surface area contributed by atoms with E-state index in [4.69, 9.17) is 16.7 Å². The Morgan fingerprint density at radius 3 is 2.92 bits per heavy atom. The van der Waals surface area contributed by atoms with Crippen molar-refractivity contribution in [2.75, 3.05) is 19.6 Å². The second-order valence-electron chi connectivity index (χ2n) is 6.23. The van der Waals surface area contributed by atoms with Crippen LogP contribution in [0.3, 0.4) is 0 Å². The molecule has 2 atom stereocenters. The Morgan fingerprint density at radius 2 is 2.12 bits per heavy atom. The lowest BCUT2D eigenvalue weighted by Crippen LogP contribution is -2.60. The molecule has 2 fully saturated rings. The lowest BCUT2D eigenvalue weighted by molar-refractivity contribution is -0.141. The lowest BCUT2D eigenvalue weighted by Gasteiger charge is -2.45. The van der Waals surface area contributed by atoms with Gasteiger partial charge in [0.15, 0.2) is 5.15 Å². The second kappa shape index (κ2) is 5.62. The van der Waals surface area contributed by atoms with Gasteiger partial charge in [0, 0.05) is 37.4 Å². The Hall–Kier alpha value is -2.35. The van der Waals surface area contributed by atoms with Gasteiger partial charge in [-0.15, -0.1) is 0 Å². The summed E-state index contributed by atoms with van der Waals surface area (Å²) >= 11 is 6.09. The molecule has 24 heavy (non-hydrogen) atoms. The highest BCUT2D eigenvalue weighted by molar-refractivity contribution is 6.32. The number of nitrogens with zero attached hydrogens (tertiary/aromatic N) is 5. The van der Waals surface area contributed by atoms with Crippen molar-refractivity contribution in [3.8, 4) is 0 Å². The third-order valence-corrected chi connectivity index (χ3v) is 5.15. The van der Waals surface area contributed by atoms with E-state index in [1.807, 2.05) is 10.6 Å². The number of halogens is 1. The molecular formula is C15H16ClN5O3. The highest BCUT2D eigenvalue weighted by atomic mass is 35.5. The van der Waals surface area contributed by atoms with Gasteiger partial charge in [0.1, 0.15) is 17.9 Å². The van der Waals surface area contributed by atoms with Gasteiger partial charge in [0.05, 0.1) is 6.20 Å². The zero-order chi connectivity index (χ0) is 16.8. The van der Waals surface area contributed by atoms with Gasteiger partial charge in [-0.05, 0) is 12.8 Å². The van der Waals surface area contributed by atoms with Crippen LogP contribution in [0.2, 0.25) is 5.15 Å². The van der Waals surface area contributed by atoms with Gasteiger partial charge in [-0.3, -0.25) is 14.1 Å². The van der Waals surface area contributed by atoms with E-state index in [1.54, 1.807) is 17.3 Å². The summed E-state index contributed by atoms with van der Waals surface area (Å²) in [5, 5.41) is 9.52. The van der Waals surface area contributed by atoms with Gasteiger partial charge in [-0.2, -0.15) is 0 Å². The van der Waals surface area contributed by atoms with E-state index in [-0.39, 0.29) is 24.4 Å². The number of piperazine rings is 1. The van der Waals surface area contributed by atoms with Crippen molar-refractivity contribution in [2.24, 2.45) is 0 Å². The summed E-state index contributed by atoms with van der Waals surface area (Å²) in [6, 6.07) is -0.0462. The van der Waals surface area contributed by atoms with Crippen LogP contribution in [0.25, 0.3) is 5.52 Å². The minimum Gasteiger partial charge on any atom is -0.465 e. The van der Waals surface area contributed by atoms with Crippen molar-refractivity contribution >= 4 is 29.1 Å². The summed E-state index contributed by atoms with van der Waals surface area (Å²) in [7, 11) is 0. The van der Waals surface area contributed by atoms with Gasteiger partial charge in [-0.25, -0.2) is 14.8 Å². The summed E-state index contributed by atoms with van der Waals surface area (Å²) in [6.45, 7) is 0.860. The summed E-state index contributed by atoms with van der Waals surface area (Å²) in [4.78, 5) is 35.0. The smallest absolute Gasteiger partial charge is 0.407 e. The quantitative estimate of drug-likeness (QED) is 0.841. The molecule has 0 spiro atoms. The predicted octanol–water partition coefficient (Wildman–Crippen LogP) is 1.45. The number of carbonyl (C=O) groups excluding carboxylic acids is 1. The standard InChI is InChI=1S/C15H16ClN5O3/c16-13-11-5-18-14(20(11)4-3-17-13)9-1-2-10-7-19(15(23)24)8-12(22)21(10)6-9/h3-5,9-10H,1-2,6-8H2,(H,23,24). The molecular weight excluding hydrogens is 334 g/mol. The first kappa shape index (κ1) is 15.2. The van der Waals surface area contributed by atoms with Crippen molar-refractivity contribution in [1.82, 2.24) is 24.2 Å². The average molecular weight is 350 g/mol. The molecule has 0 saturated carbocycles. The highest BCUT2D eigenvalue weighted by Crippen LogP contribution is 2.32. The average Bonchev–Trinajstić information content (AvgIpc) is 3.00. The number of rotatable bonds is 1. The molecule has 2 aromatic rings.